The molecule has 0 aromatic rings. The Morgan fingerprint density at radius 2 is 2.25 bits per heavy atom. The van der Waals surface area contributed by atoms with Crippen molar-refractivity contribution in [3.05, 3.63) is 12.3 Å². The summed E-state index contributed by atoms with van der Waals surface area (Å²) in [7, 11) is 0. The lowest BCUT2D eigenvalue weighted by molar-refractivity contribution is 0.576. The molecule has 43 valence electrons. The molecule has 1 saturated carbocycles. The highest BCUT2D eigenvalue weighted by molar-refractivity contribution is 5.01. The molecule has 2 rings (SSSR count). The van der Waals surface area contributed by atoms with Crippen molar-refractivity contribution in [1.82, 2.24) is 5.32 Å². The predicted molar refractivity (Wildman–Crippen MR) is 32.4 cm³/mol. The van der Waals surface area contributed by atoms with E-state index in [1.807, 2.05) is 6.20 Å². The fourth-order valence-electron chi connectivity index (χ4n) is 1.25. The van der Waals surface area contributed by atoms with E-state index in [0.29, 0.717) is 0 Å². The molecule has 1 atom stereocenters. The molecule has 0 N–H and O–H groups in total. The summed E-state index contributed by atoms with van der Waals surface area (Å²) < 4.78 is 0. The van der Waals surface area contributed by atoms with E-state index in [4.69, 9.17) is 0 Å². The van der Waals surface area contributed by atoms with Gasteiger partial charge in [0.2, 0.25) is 0 Å². The Hall–Kier alpha value is -0.460. The van der Waals surface area contributed by atoms with E-state index in [0.717, 1.165) is 18.4 Å². The van der Waals surface area contributed by atoms with Crippen molar-refractivity contribution >= 4 is 0 Å². The number of hydrogen-bond acceptors (Lipinski definition) is 0. The van der Waals surface area contributed by atoms with Gasteiger partial charge in [-0.2, -0.15) is 0 Å². The molecule has 0 aromatic carbocycles. The molecular formula is C7H10N. The van der Waals surface area contributed by atoms with Crippen LogP contribution in [0.2, 0.25) is 0 Å². The Labute approximate surface area is 49.8 Å². The topological polar surface area (TPSA) is 14.1 Å². The molecule has 0 saturated heterocycles. The van der Waals surface area contributed by atoms with Crippen molar-refractivity contribution < 1.29 is 0 Å². The molecule has 1 radical (unpaired) electrons. The second-order valence-electron chi connectivity index (χ2n) is 2.71. The van der Waals surface area contributed by atoms with Crippen LogP contribution in [0.5, 0.6) is 0 Å². The third-order valence-corrected chi connectivity index (χ3v) is 1.98. The molecule has 0 bridgehead atoms. The van der Waals surface area contributed by atoms with Gasteiger partial charge < -0.3 is 0 Å². The molecule has 0 amide bonds. The lowest BCUT2D eigenvalue weighted by Crippen LogP contribution is -2.04. The molecule has 8 heavy (non-hydrogen) atoms. The van der Waals surface area contributed by atoms with Crippen molar-refractivity contribution in [3.63, 3.8) is 0 Å². The van der Waals surface area contributed by atoms with Crippen LogP contribution in [0.3, 0.4) is 0 Å². The second-order valence-corrected chi connectivity index (χ2v) is 2.71. The number of rotatable bonds is 1. The van der Waals surface area contributed by atoms with Crippen molar-refractivity contribution in [2.45, 2.75) is 12.8 Å². The Morgan fingerprint density at radius 1 is 1.38 bits per heavy atom. The minimum absolute atomic E-state index is 0.829. The summed E-state index contributed by atoms with van der Waals surface area (Å²) in [6, 6.07) is 0. The van der Waals surface area contributed by atoms with Gasteiger partial charge in [-0.15, -0.1) is 0 Å². The average molecular weight is 108 g/mol. The van der Waals surface area contributed by atoms with Gasteiger partial charge >= 0.3 is 0 Å². The lowest BCUT2D eigenvalue weighted by atomic mass is 10.1. The highest BCUT2D eigenvalue weighted by atomic mass is 14.9. The smallest absolute Gasteiger partial charge is 0.0455 e. The summed E-state index contributed by atoms with van der Waals surface area (Å²) >= 11 is 0. The molecule has 0 aromatic heterocycles. The fourth-order valence-corrected chi connectivity index (χ4v) is 1.25. The summed E-state index contributed by atoms with van der Waals surface area (Å²) in [4.78, 5) is 0. The molecule has 1 heteroatoms. The largest absolute Gasteiger partial charge is 0.293 e. The lowest BCUT2D eigenvalue weighted by Gasteiger charge is -1.99. The molecule has 1 nitrogen and oxygen atoms in total. The van der Waals surface area contributed by atoms with Crippen LogP contribution in [-0.2, 0) is 0 Å². The van der Waals surface area contributed by atoms with Crippen LogP contribution in [0.4, 0.5) is 0 Å². The zero-order chi connectivity index (χ0) is 5.40. The van der Waals surface area contributed by atoms with Crippen LogP contribution in [0.1, 0.15) is 12.8 Å². The van der Waals surface area contributed by atoms with Gasteiger partial charge in [0.15, 0.2) is 0 Å². The fraction of sp³-hybridized carbons (Fsp3) is 0.714. The molecule has 1 fully saturated rings. The second kappa shape index (κ2) is 1.51. The summed E-state index contributed by atoms with van der Waals surface area (Å²) in [5.41, 5.74) is 0. The van der Waals surface area contributed by atoms with Crippen LogP contribution < -0.4 is 5.32 Å². The van der Waals surface area contributed by atoms with Crippen LogP contribution in [0, 0.1) is 11.8 Å². The van der Waals surface area contributed by atoms with Crippen molar-refractivity contribution in [1.29, 1.82) is 0 Å². The summed E-state index contributed by atoms with van der Waals surface area (Å²) in [5, 5.41) is 4.15. The predicted octanol–water partition coefficient (Wildman–Crippen LogP) is 1.14. The van der Waals surface area contributed by atoms with Gasteiger partial charge in [-0.05, 0) is 18.8 Å². The maximum absolute atomic E-state index is 4.15. The van der Waals surface area contributed by atoms with Crippen LogP contribution in [0.15, 0.2) is 12.3 Å². The van der Waals surface area contributed by atoms with Gasteiger partial charge in [-0.25, -0.2) is 0 Å². The molecular weight excluding hydrogens is 98.1 g/mol. The molecule has 1 aliphatic carbocycles. The van der Waals surface area contributed by atoms with Gasteiger partial charge in [0, 0.05) is 18.7 Å². The maximum Gasteiger partial charge on any atom is 0.0455 e. The maximum atomic E-state index is 4.15. The van der Waals surface area contributed by atoms with Gasteiger partial charge in [-0.1, -0.05) is 6.08 Å². The van der Waals surface area contributed by atoms with E-state index in [1.54, 1.807) is 0 Å². The Morgan fingerprint density at radius 3 is 2.75 bits per heavy atom. The average Bonchev–Trinajstić information content (AvgIpc) is 2.49. The zero-order valence-electron chi connectivity index (χ0n) is 4.88. The molecule has 2 aliphatic rings. The molecule has 1 heterocycles. The normalized spacial score (nSPS) is 35.2. The first-order valence-corrected chi connectivity index (χ1v) is 3.30. The molecule has 0 spiro atoms. The van der Waals surface area contributed by atoms with Gasteiger partial charge in [0.25, 0.3) is 0 Å². The van der Waals surface area contributed by atoms with Crippen molar-refractivity contribution in [2.24, 2.45) is 11.8 Å². The van der Waals surface area contributed by atoms with Gasteiger partial charge in [0.1, 0.15) is 0 Å². The Bertz CT molecular complexity index is 114. The highest BCUT2D eigenvalue weighted by Gasteiger charge is 2.30. The summed E-state index contributed by atoms with van der Waals surface area (Å²) in [5.74, 6) is 1.84. The van der Waals surface area contributed by atoms with E-state index in [2.05, 4.69) is 11.4 Å². The minimum atomic E-state index is 0.829. The van der Waals surface area contributed by atoms with Crippen LogP contribution >= 0.6 is 0 Å². The van der Waals surface area contributed by atoms with Crippen molar-refractivity contribution in [3.8, 4) is 0 Å². The Kier molecular flexibility index (Phi) is 0.833. The van der Waals surface area contributed by atoms with E-state index in [9.17, 15) is 0 Å². The number of hydrogen-bond donors (Lipinski definition) is 0. The zero-order valence-corrected chi connectivity index (χ0v) is 4.88. The van der Waals surface area contributed by atoms with Crippen molar-refractivity contribution in [2.75, 3.05) is 6.54 Å². The van der Waals surface area contributed by atoms with E-state index >= 15 is 0 Å². The van der Waals surface area contributed by atoms with Crippen LogP contribution in [0.25, 0.3) is 0 Å². The first-order valence-electron chi connectivity index (χ1n) is 3.30. The van der Waals surface area contributed by atoms with E-state index < -0.39 is 0 Å². The quantitative estimate of drug-likeness (QED) is 0.478. The standard InChI is InChI=1S/C7H10N/c1-2-6(1)7-3-4-8-5-7/h3-4,6-7H,1-2,5H2. The van der Waals surface area contributed by atoms with E-state index in [1.165, 1.54) is 12.8 Å². The first-order chi connectivity index (χ1) is 3.97. The minimum Gasteiger partial charge on any atom is -0.293 e. The highest BCUT2D eigenvalue weighted by Crippen LogP contribution is 2.38. The van der Waals surface area contributed by atoms with Gasteiger partial charge in [-0.3, -0.25) is 5.32 Å². The van der Waals surface area contributed by atoms with Crippen LogP contribution in [-0.4, -0.2) is 6.54 Å². The Balaban J connectivity index is 1.95. The third kappa shape index (κ3) is 0.623. The van der Waals surface area contributed by atoms with E-state index in [-0.39, 0.29) is 0 Å². The molecule has 1 aliphatic heterocycles. The number of nitrogens with zero attached hydrogens (tertiary/aromatic N) is 1. The molecule has 1 unspecified atom stereocenters. The third-order valence-electron chi connectivity index (χ3n) is 1.98. The SMILES string of the molecule is C1=CC(C2CC2)C[N]1. The van der Waals surface area contributed by atoms with Gasteiger partial charge in [0.05, 0.1) is 0 Å². The monoisotopic (exact) mass is 108 g/mol. The summed E-state index contributed by atoms with van der Waals surface area (Å²) in [6.45, 7) is 1.07. The summed E-state index contributed by atoms with van der Waals surface area (Å²) in [6.07, 6.45) is 7.11. The first kappa shape index (κ1) is 4.42.